The van der Waals surface area contributed by atoms with E-state index in [2.05, 4.69) is 10.3 Å². The molecule has 0 saturated heterocycles. The number of ether oxygens (including phenoxy) is 1. The largest absolute Gasteiger partial charge is 0.482 e. The molecule has 1 aromatic heterocycles. The average molecular weight is 360 g/mol. The summed E-state index contributed by atoms with van der Waals surface area (Å²) in [5.41, 5.74) is 1.05. The van der Waals surface area contributed by atoms with Crippen LogP contribution in [0, 0.1) is 0 Å². The normalized spacial score (nSPS) is 10.3. The minimum atomic E-state index is -0.244. The van der Waals surface area contributed by atoms with Crippen LogP contribution in [0.15, 0.2) is 36.7 Å². The highest BCUT2D eigenvalue weighted by Gasteiger charge is 2.09. The molecule has 0 fully saturated rings. The lowest BCUT2D eigenvalue weighted by Crippen LogP contribution is -2.30. The predicted molar refractivity (Wildman–Crippen MR) is 87.9 cm³/mol. The molecule has 1 N–H and O–H groups in total. The second-order valence-electron chi connectivity index (χ2n) is 4.45. The molecular weight excluding hydrogens is 347 g/mol. The van der Waals surface area contributed by atoms with Crippen LogP contribution in [0.1, 0.15) is 5.56 Å². The molecule has 1 aromatic carbocycles. The van der Waals surface area contributed by atoms with Crippen LogP contribution in [0.25, 0.3) is 0 Å². The molecule has 0 saturated carbocycles. The minimum Gasteiger partial charge on any atom is -0.482 e. The van der Waals surface area contributed by atoms with Gasteiger partial charge in [-0.2, -0.15) is 0 Å². The fraction of sp³-hybridized carbons (Fsp3) is 0.200. The van der Waals surface area contributed by atoms with Crippen molar-refractivity contribution in [1.82, 2.24) is 10.3 Å². The molecule has 0 aliphatic carbocycles. The number of carbonyl (C=O) groups is 1. The predicted octanol–water partition coefficient (Wildman–Crippen LogP) is 3.78. The van der Waals surface area contributed by atoms with Crippen molar-refractivity contribution >= 4 is 40.7 Å². The summed E-state index contributed by atoms with van der Waals surface area (Å²) in [6, 6.07) is 6.76. The van der Waals surface area contributed by atoms with Crippen LogP contribution in [-0.2, 0) is 11.2 Å². The number of halogens is 3. The van der Waals surface area contributed by atoms with Crippen LogP contribution >= 0.6 is 34.8 Å². The Balaban J connectivity index is 1.77. The Kier molecular flexibility index (Phi) is 6.31. The molecule has 0 unspecified atom stereocenters. The quantitative estimate of drug-likeness (QED) is 0.799. The molecule has 22 heavy (non-hydrogen) atoms. The van der Waals surface area contributed by atoms with E-state index in [9.17, 15) is 4.79 Å². The van der Waals surface area contributed by atoms with Gasteiger partial charge in [0.05, 0.1) is 15.1 Å². The first-order chi connectivity index (χ1) is 10.6. The van der Waals surface area contributed by atoms with Gasteiger partial charge in [-0.3, -0.25) is 9.78 Å². The van der Waals surface area contributed by atoms with Crippen LogP contribution in [0.4, 0.5) is 0 Å². The van der Waals surface area contributed by atoms with Crippen LogP contribution in [-0.4, -0.2) is 24.0 Å². The maximum Gasteiger partial charge on any atom is 0.257 e. The van der Waals surface area contributed by atoms with E-state index in [0.29, 0.717) is 33.8 Å². The first-order valence-electron chi connectivity index (χ1n) is 6.49. The van der Waals surface area contributed by atoms with Crippen LogP contribution in [0.5, 0.6) is 5.75 Å². The molecule has 0 atom stereocenters. The number of amides is 1. The maximum atomic E-state index is 11.7. The second-order valence-corrected chi connectivity index (χ2v) is 5.67. The molecule has 1 amide bonds. The van der Waals surface area contributed by atoms with Crippen molar-refractivity contribution in [2.75, 3.05) is 13.2 Å². The van der Waals surface area contributed by atoms with Crippen molar-refractivity contribution in [3.63, 3.8) is 0 Å². The van der Waals surface area contributed by atoms with Crippen molar-refractivity contribution in [2.45, 2.75) is 6.42 Å². The van der Waals surface area contributed by atoms with E-state index in [-0.39, 0.29) is 12.5 Å². The van der Waals surface area contributed by atoms with Gasteiger partial charge in [-0.15, -0.1) is 0 Å². The smallest absolute Gasteiger partial charge is 0.257 e. The molecule has 2 rings (SSSR count). The monoisotopic (exact) mass is 358 g/mol. The minimum absolute atomic E-state index is 0.148. The summed E-state index contributed by atoms with van der Waals surface area (Å²) in [5, 5.41) is 3.71. The summed E-state index contributed by atoms with van der Waals surface area (Å²) in [5.74, 6) is 0.0736. The molecule has 1 heterocycles. The lowest BCUT2D eigenvalue weighted by Gasteiger charge is -2.09. The van der Waals surface area contributed by atoms with Crippen molar-refractivity contribution in [3.05, 3.63) is 57.3 Å². The van der Waals surface area contributed by atoms with E-state index in [0.717, 1.165) is 5.56 Å². The van der Waals surface area contributed by atoms with Crippen molar-refractivity contribution < 1.29 is 9.53 Å². The van der Waals surface area contributed by atoms with E-state index in [1.165, 1.54) is 12.1 Å². The van der Waals surface area contributed by atoms with Gasteiger partial charge < -0.3 is 10.1 Å². The summed E-state index contributed by atoms with van der Waals surface area (Å²) in [4.78, 5) is 15.7. The zero-order valence-corrected chi connectivity index (χ0v) is 13.8. The molecule has 7 heteroatoms. The summed E-state index contributed by atoms with van der Waals surface area (Å²) in [6.45, 7) is 0.355. The molecule has 0 spiro atoms. The average Bonchev–Trinajstić information content (AvgIpc) is 2.50. The van der Waals surface area contributed by atoms with Crippen molar-refractivity contribution in [3.8, 4) is 5.75 Å². The zero-order valence-electron chi connectivity index (χ0n) is 11.5. The van der Waals surface area contributed by atoms with Gasteiger partial charge in [0.1, 0.15) is 5.75 Å². The highest BCUT2D eigenvalue weighted by Crippen LogP contribution is 2.33. The van der Waals surface area contributed by atoms with Crippen LogP contribution in [0.2, 0.25) is 15.1 Å². The maximum absolute atomic E-state index is 11.7. The third-order valence-corrected chi connectivity index (χ3v) is 3.81. The summed E-state index contributed by atoms with van der Waals surface area (Å²) in [7, 11) is 0. The standard InChI is InChI=1S/C15H13Cl3N2O2/c16-11-6-13(18)14(7-12(11)17)22-9-15(21)20-5-3-10-2-1-4-19-8-10/h1-2,4,6-8H,3,5,9H2,(H,20,21). The fourth-order valence-corrected chi connectivity index (χ4v) is 2.29. The molecule has 116 valence electrons. The Morgan fingerprint density at radius 1 is 1.18 bits per heavy atom. The Hall–Kier alpha value is -1.49. The van der Waals surface area contributed by atoms with E-state index < -0.39 is 0 Å². The van der Waals surface area contributed by atoms with Gasteiger partial charge in [0.25, 0.3) is 5.91 Å². The lowest BCUT2D eigenvalue weighted by atomic mass is 10.2. The number of carbonyl (C=O) groups excluding carboxylic acids is 1. The molecule has 0 aliphatic heterocycles. The van der Waals surface area contributed by atoms with Gasteiger partial charge in [-0.05, 0) is 24.1 Å². The number of benzene rings is 1. The van der Waals surface area contributed by atoms with Gasteiger partial charge in [-0.25, -0.2) is 0 Å². The highest BCUT2D eigenvalue weighted by molar-refractivity contribution is 6.43. The number of hydrogen-bond acceptors (Lipinski definition) is 3. The van der Waals surface area contributed by atoms with Crippen molar-refractivity contribution in [2.24, 2.45) is 0 Å². The summed E-state index contributed by atoms with van der Waals surface area (Å²) >= 11 is 17.7. The molecular formula is C15H13Cl3N2O2. The fourth-order valence-electron chi connectivity index (χ4n) is 1.70. The third-order valence-electron chi connectivity index (χ3n) is 2.79. The first-order valence-corrected chi connectivity index (χ1v) is 7.62. The Labute approximate surface area is 143 Å². The Morgan fingerprint density at radius 3 is 2.68 bits per heavy atom. The number of nitrogens with one attached hydrogen (secondary N) is 1. The van der Waals surface area contributed by atoms with E-state index >= 15 is 0 Å². The first kappa shape index (κ1) is 16.9. The highest BCUT2D eigenvalue weighted by atomic mass is 35.5. The molecule has 0 bridgehead atoms. The zero-order chi connectivity index (χ0) is 15.9. The topological polar surface area (TPSA) is 51.2 Å². The molecule has 4 nitrogen and oxygen atoms in total. The van der Waals surface area contributed by atoms with Gasteiger partial charge in [0, 0.05) is 25.0 Å². The number of aromatic nitrogens is 1. The number of pyridine rings is 1. The Bertz CT molecular complexity index is 651. The SMILES string of the molecule is O=C(COc1cc(Cl)c(Cl)cc1Cl)NCCc1cccnc1. The van der Waals surface area contributed by atoms with Crippen LogP contribution < -0.4 is 10.1 Å². The second kappa shape index (κ2) is 8.22. The van der Waals surface area contributed by atoms with E-state index in [1.807, 2.05) is 12.1 Å². The molecule has 0 aliphatic rings. The van der Waals surface area contributed by atoms with Gasteiger partial charge in [-0.1, -0.05) is 40.9 Å². The van der Waals surface area contributed by atoms with E-state index in [4.69, 9.17) is 39.5 Å². The lowest BCUT2D eigenvalue weighted by molar-refractivity contribution is -0.123. The van der Waals surface area contributed by atoms with Crippen molar-refractivity contribution in [1.29, 1.82) is 0 Å². The summed E-state index contributed by atoms with van der Waals surface area (Å²) < 4.78 is 5.34. The Morgan fingerprint density at radius 2 is 1.95 bits per heavy atom. The number of rotatable bonds is 6. The number of hydrogen-bond donors (Lipinski definition) is 1. The van der Waals surface area contributed by atoms with E-state index in [1.54, 1.807) is 12.4 Å². The molecule has 0 radical (unpaired) electrons. The van der Waals surface area contributed by atoms with Crippen LogP contribution in [0.3, 0.4) is 0 Å². The third kappa shape index (κ3) is 5.05. The van der Waals surface area contributed by atoms with Gasteiger partial charge >= 0.3 is 0 Å². The van der Waals surface area contributed by atoms with Gasteiger partial charge in [0.2, 0.25) is 0 Å². The molecule has 2 aromatic rings. The number of nitrogens with zero attached hydrogens (tertiary/aromatic N) is 1. The van der Waals surface area contributed by atoms with Gasteiger partial charge in [0.15, 0.2) is 6.61 Å². The summed E-state index contributed by atoms with van der Waals surface area (Å²) in [6.07, 6.45) is 4.17.